The molecule has 81 heavy (non-hydrogen) atoms. The van der Waals surface area contributed by atoms with Gasteiger partial charge in [-0.2, -0.15) is 0 Å². The Labute approximate surface area is 505 Å². The molecule has 3 atom stereocenters. The third-order valence-corrected chi connectivity index (χ3v) is 17.3. The van der Waals surface area contributed by atoms with Gasteiger partial charge in [0, 0.05) is 6.42 Å². The van der Waals surface area contributed by atoms with Crippen LogP contribution in [-0.4, -0.2) is 73.4 Å². The fourth-order valence-corrected chi connectivity index (χ4v) is 11.6. The maximum absolute atomic E-state index is 13.1. The van der Waals surface area contributed by atoms with Crippen molar-refractivity contribution in [1.29, 1.82) is 0 Å². The van der Waals surface area contributed by atoms with Crippen molar-refractivity contribution < 1.29 is 32.9 Å². The molecule has 0 radical (unpaired) electrons. The maximum atomic E-state index is 13.1. The number of carbonyl (C=O) groups is 1. The predicted octanol–water partition coefficient (Wildman–Crippen LogP) is 22.6. The molecule has 0 heterocycles. The average molecular weight is 1160 g/mol. The van der Waals surface area contributed by atoms with Crippen LogP contribution < -0.4 is 5.32 Å². The second-order valence-corrected chi connectivity index (χ2v) is 27.0. The summed E-state index contributed by atoms with van der Waals surface area (Å²) in [6.45, 7) is 4.83. The van der Waals surface area contributed by atoms with Gasteiger partial charge in [0.15, 0.2) is 0 Å². The van der Waals surface area contributed by atoms with Crippen LogP contribution in [-0.2, 0) is 18.4 Å². The summed E-state index contributed by atoms with van der Waals surface area (Å²) in [4.78, 5) is 23.4. The summed E-state index contributed by atoms with van der Waals surface area (Å²) >= 11 is 0. The summed E-state index contributed by atoms with van der Waals surface area (Å²) < 4.78 is 23.9. The normalized spacial score (nSPS) is 13.9. The highest BCUT2D eigenvalue weighted by atomic mass is 31.2. The lowest BCUT2D eigenvalue weighted by Crippen LogP contribution is -2.46. The van der Waals surface area contributed by atoms with Crippen molar-refractivity contribution in [2.24, 2.45) is 0 Å². The molecule has 3 N–H and O–H groups in total. The lowest BCUT2D eigenvalue weighted by atomic mass is 10.0. The molecule has 0 aliphatic heterocycles. The first-order valence-corrected chi connectivity index (χ1v) is 37.0. The number of phosphoric acid groups is 1. The monoisotopic (exact) mass is 1160 g/mol. The van der Waals surface area contributed by atoms with Crippen LogP contribution in [0, 0.1) is 0 Å². The first kappa shape index (κ1) is 79.5. The fraction of sp³-hybridized carbons (Fsp3) is 0.875. The first-order valence-electron chi connectivity index (χ1n) is 35.5. The number of likely N-dealkylation sites (N-methyl/N-ethyl adjacent to an activating group) is 1. The number of phosphoric ester groups is 1. The Bertz CT molecular complexity index is 1460. The Balaban J connectivity index is 3.86. The molecule has 0 aliphatic rings. The highest BCUT2D eigenvalue weighted by Crippen LogP contribution is 2.43. The molecule has 0 fully saturated rings. The van der Waals surface area contributed by atoms with E-state index in [1.54, 1.807) is 0 Å². The van der Waals surface area contributed by atoms with Crippen molar-refractivity contribution in [2.75, 3.05) is 40.9 Å². The van der Waals surface area contributed by atoms with E-state index in [0.717, 1.165) is 64.2 Å². The molecule has 3 unspecified atom stereocenters. The molecule has 0 aliphatic carbocycles. The van der Waals surface area contributed by atoms with Gasteiger partial charge in [-0.1, -0.05) is 345 Å². The van der Waals surface area contributed by atoms with E-state index in [9.17, 15) is 19.4 Å². The number of hydrogen-bond acceptors (Lipinski definition) is 5. The zero-order valence-corrected chi connectivity index (χ0v) is 55.7. The molecular weight excluding hydrogens is 1020 g/mol. The van der Waals surface area contributed by atoms with Crippen molar-refractivity contribution in [3.63, 3.8) is 0 Å². The third-order valence-electron chi connectivity index (χ3n) is 16.3. The van der Waals surface area contributed by atoms with Gasteiger partial charge in [0.25, 0.3) is 0 Å². The Morgan fingerprint density at radius 3 is 1.09 bits per heavy atom. The fourth-order valence-electron chi connectivity index (χ4n) is 10.9. The summed E-state index contributed by atoms with van der Waals surface area (Å²) in [7, 11) is 1.63. The van der Waals surface area contributed by atoms with Gasteiger partial charge in [-0.3, -0.25) is 13.8 Å². The van der Waals surface area contributed by atoms with Crippen LogP contribution in [0.25, 0.3) is 0 Å². The summed E-state index contributed by atoms with van der Waals surface area (Å²) in [5, 5.41) is 14.1. The van der Waals surface area contributed by atoms with E-state index in [2.05, 4.69) is 67.8 Å². The molecule has 0 aromatic rings. The standard InChI is InChI=1S/C72H139N2O6P/c1-6-8-10-12-14-16-18-20-22-24-26-27-28-29-30-31-32-33-34-35-36-37-38-39-40-41-42-43-44-45-46-47-48-50-52-54-56-58-60-62-64-66-72(76)73-70(69-80-81(77,78)79-68-67-74(3,4)5)71(75)65-63-61-59-57-55-53-51-49-25-23-21-19-17-15-13-11-9-7-2/h8,10,14,16,20,22,26-27,70-71,75H,6-7,9,11-13,15,17-19,21,23-25,28-69H2,1-5H3,(H-,73,76,77,78)/p+1/b10-8-,16-14-,22-20-,27-26-. The number of amides is 1. The first-order chi connectivity index (χ1) is 39.5. The van der Waals surface area contributed by atoms with Crippen LogP contribution in [0.15, 0.2) is 48.6 Å². The largest absolute Gasteiger partial charge is 0.472 e. The Kier molecular flexibility index (Phi) is 61.8. The number of carbonyl (C=O) groups excluding carboxylic acids is 1. The predicted molar refractivity (Wildman–Crippen MR) is 355 cm³/mol. The van der Waals surface area contributed by atoms with Gasteiger partial charge < -0.3 is 19.8 Å². The van der Waals surface area contributed by atoms with E-state index < -0.39 is 20.0 Å². The van der Waals surface area contributed by atoms with Gasteiger partial charge in [0.1, 0.15) is 13.2 Å². The highest BCUT2D eigenvalue weighted by molar-refractivity contribution is 7.47. The van der Waals surface area contributed by atoms with Gasteiger partial charge in [-0.05, 0) is 51.4 Å². The number of quaternary nitrogens is 1. The number of nitrogens with zero attached hydrogens (tertiary/aromatic N) is 1. The number of hydrogen-bond donors (Lipinski definition) is 3. The summed E-state index contributed by atoms with van der Waals surface area (Å²) in [5.74, 6) is -0.136. The number of aliphatic hydroxyl groups is 1. The highest BCUT2D eigenvalue weighted by Gasteiger charge is 2.28. The van der Waals surface area contributed by atoms with Crippen LogP contribution in [0.2, 0.25) is 0 Å². The molecule has 0 saturated heterocycles. The molecule has 8 nitrogen and oxygen atoms in total. The van der Waals surface area contributed by atoms with Crippen LogP contribution >= 0.6 is 7.82 Å². The third kappa shape index (κ3) is 65.9. The lowest BCUT2D eigenvalue weighted by molar-refractivity contribution is -0.870. The van der Waals surface area contributed by atoms with Crippen molar-refractivity contribution in [3.05, 3.63) is 48.6 Å². The molecule has 9 heteroatoms. The number of rotatable bonds is 66. The van der Waals surface area contributed by atoms with E-state index in [-0.39, 0.29) is 19.1 Å². The quantitative estimate of drug-likeness (QED) is 0.0243. The van der Waals surface area contributed by atoms with E-state index in [1.165, 1.54) is 263 Å². The molecule has 0 saturated carbocycles. The van der Waals surface area contributed by atoms with Crippen LogP contribution in [0.4, 0.5) is 0 Å². The molecule has 0 rings (SSSR count). The Hall–Kier alpha value is -1.54. The van der Waals surface area contributed by atoms with Crippen molar-refractivity contribution in [3.8, 4) is 0 Å². The summed E-state index contributed by atoms with van der Waals surface area (Å²) in [6, 6.07) is -0.759. The van der Waals surface area contributed by atoms with Gasteiger partial charge in [0.05, 0.1) is 39.9 Å². The SMILES string of the molecule is CC/C=C\C/C=C\C/C=C\C/C=C\CCCCCCCCCCCCCCCCCCCCCCCCCCCCCCC(=O)NC(COP(=O)(O)OCC[N+](C)(C)C)C(O)CCCCCCCCCCCCCCCCCCCC. The maximum Gasteiger partial charge on any atom is 0.472 e. The molecule has 478 valence electrons. The summed E-state index contributed by atoms with van der Waals surface area (Å²) in [5.41, 5.74) is 0. The van der Waals surface area contributed by atoms with E-state index in [1.807, 2.05) is 21.1 Å². The minimum Gasteiger partial charge on any atom is -0.391 e. The lowest BCUT2D eigenvalue weighted by Gasteiger charge is -2.26. The molecule has 0 bridgehead atoms. The van der Waals surface area contributed by atoms with Crippen molar-refractivity contribution in [1.82, 2.24) is 5.32 Å². The number of allylic oxidation sites excluding steroid dienone is 8. The molecular formula is C72H140N2O6P+. The van der Waals surface area contributed by atoms with Crippen LogP contribution in [0.5, 0.6) is 0 Å². The van der Waals surface area contributed by atoms with Gasteiger partial charge in [0.2, 0.25) is 5.91 Å². The smallest absolute Gasteiger partial charge is 0.391 e. The summed E-state index contributed by atoms with van der Waals surface area (Å²) in [6.07, 6.45) is 85.2. The van der Waals surface area contributed by atoms with Crippen molar-refractivity contribution in [2.45, 2.75) is 366 Å². The minimum absolute atomic E-state index is 0.0772. The molecule has 1 amide bonds. The molecule has 0 aromatic heterocycles. The Morgan fingerprint density at radius 2 is 0.741 bits per heavy atom. The van der Waals surface area contributed by atoms with Crippen molar-refractivity contribution >= 4 is 13.7 Å². The van der Waals surface area contributed by atoms with Gasteiger partial charge in [-0.25, -0.2) is 4.57 Å². The zero-order chi connectivity index (χ0) is 59.1. The second kappa shape index (κ2) is 63.0. The number of aliphatic hydroxyl groups excluding tert-OH is 1. The van der Waals surface area contributed by atoms with E-state index >= 15 is 0 Å². The second-order valence-electron chi connectivity index (χ2n) is 25.6. The number of nitrogens with one attached hydrogen (secondary N) is 1. The minimum atomic E-state index is -4.33. The molecule has 0 aromatic carbocycles. The van der Waals surface area contributed by atoms with Gasteiger partial charge >= 0.3 is 7.82 Å². The topological polar surface area (TPSA) is 105 Å². The number of unbranched alkanes of at least 4 members (excludes halogenated alkanes) is 45. The van der Waals surface area contributed by atoms with Gasteiger partial charge in [-0.15, -0.1) is 0 Å². The average Bonchev–Trinajstić information content (AvgIpc) is 3.43. The van der Waals surface area contributed by atoms with Crippen LogP contribution in [0.3, 0.4) is 0 Å². The molecule has 0 spiro atoms. The Morgan fingerprint density at radius 1 is 0.432 bits per heavy atom. The zero-order valence-electron chi connectivity index (χ0n) is 54.8. The van der Waals surface area contributed by atoms with Crippen LogP contribution in [0.1, 0.15) is 354 Å². The van der Waals surface area contributed by atoms with E-state index in [0.29, 0.717) is 23.9 Å². The van der Waals surface area contributed by atoms with E-state index in [4.69, 9.17) is 9.05 Å².